The number of aryl methyl sites for hydroxylation is 3. The van der Waals surface area contributed by atoms with Gasteiger partial charge in [-0.3, -0.25) is 9.48 Å². The summed E-state index contributed by atoms with van der Waals surface area (Å²) in [5, 5.41) is 13.9. The Kier molecular flexibility index (Phi) is 4.07. The molecule has 0 bridgehead atoms. The van der Waals surface area contributed by atoms with Crippen molar-refractivity contribution in [1.29, 1.82) is 0 Å². The smallest absolute Gasteiger partial charge is 0.256 e. The number of benzene rings is 1. The fourth-order valence-corrected chi connectivity index (χ4v) is 4.40. The molecule has 1 atom stereocenters. The largest absolute Gasteiger partial charge is 0.352 e. The molecular weight excluding hydrogens is 344 g/mol. The number of nitrogens with one attached hydrogen (secondary N) is 2. The van der Waals surface area contributed by atoms with E-state index in [1.807, 2.05) is 17.8 Å². The number of thiophene rings is 1. The molecule has 2 N–H and O–H groups in total. The predicted octanol–water partition coefficient (Wildman–Crippen LogP) is 4.41. The van der Waals surface area contributed by atoms with Crippen LogP contribution in [0.3, 0.4) is 0 Å². The van der Waals surface area contributed by atoms with Crippen LogP contribution in [0.25, 0.3) is 11.1 Å². The van der Waals surface area contributed by atoms with E-state index in [0.717, 1.165) is 39.5 Å². The van der Waals surface area contributed by atoms with E-state index in [1.54, 1.807) is 11.3 Å². The van der Waals surface area contributed by atoms with Gasteiger partial charge < -0.3 is 10.6 Å². The molecular formula is C20H22N4OS. The summed E-state index contributed by atoms with van der Waals surface area (Å²) in [5.74, 6) is -0.0399. The first-order valence-corrected chi connectivity index (χ1v) is 9.66. The summed E-state index contributed by atoms with van der Waals surface area (Å²) in [4.78, 5) is 12.9. The maximum absolute atomic E-state index is 12.9. The van der Waals surface area contributed by atoms with Gasteiger partial charge in [0.25, 0.3) is 5.91 Å². The van der Waals surface area contributed by atoms with Crippen LogP contribution in [0.4, 0.5) is 5.00 Å². The Hall–Kier alpha value is -2.60. The zero-order valence-corrected chi connectivity index (χ0v) is 16.2. The SMILES string of the molecule is CCn1ncc(C2NC(=O)c3c(-c4ccc(C)c(C)c4)csc3N2)c1C. The molecule has 0 saturated carbocycles. The number of amides is 1. The molecule has 6 heteroatoms. The molecule has 26 heavy (non-hydrogen) atoms. The molecule has 4 rings (SSSR count). The minimum Gasteiger partial charge on any atom is -0.352 e. The van der Waals surface area contributed by atoms with Gasteiger partial charge in [-0.05, 0) is 44.4 Å². The predicted molar refractivity (Wildman–Crippen MR) is 106 cm³/mol. The van der Waals surface area contributed by atoms with E-state index in [0.29, 0.717) is 0 Å². The Balaban J connectivity index is 1.71. The topological polar surface area (TPSA) is 59.0 Å². The molecule has 0 fully saturated rings. The maximum Gasteiger partial charge on any atom is 0.256 e. The molecule has 3 aromatic rings. The molecule has 134 valence electrons. The van der Waals surface area contributed by atoms with E-state index in [1.165, 1.54) is 11.1 Å². The van der Waals surface area contributed by atoms with E-state index in [2.05, 4.69) is 60.1 Å². The van der Waals surface area contributed by atoms with Crippen molar-refractivity contribution in [2.45, 2.75) is 40.4 Å². The third-order valence-corrected chi connectivity index (χ3v) is 6.05. The van der Waals surface area contributed by atoms with Gasteiger partial charge in [0.1, 0.15) is 11.2 Å². The zero-order valence-electron chi connectivity index (χ0n) is 15.4. The van der Waals surface area contributed by atoms with Crippen LogP contribution >= 0.6 is 11.3 Å². The fourth-order valence-electron chi connectivity index (χ4n) is 3.40. The Morgan fingerprint density at radius 3 is 2.69 bits per heavy atom. The van der Waals surface area contributed by atoms with Gasteiger partial charge >= 0.3 is 0 Å². The van der Waals surface area contributed by atoms with E-state index in [9.17, 15) is 4.79 Å². The number of aromatic nitrogens is 2. The van der Waals surface area contributed by atoms with Gasteiger partial charge in [-0.15, -0.1) is 11.3 Å². The highest BCUT2D eigenvalue weighted by molar-refractivity contribution is 7.15. The van der Waals surface area contributed by atoms with Gasteiger partial charge in [0.2, 0.25) is 0 Å². The van der Waals surface area contributed by atoms with Crippen LogP contribution in [-0.2, 0) is 6.54 Å². The Bertz CT molecular complexity index is 1000. The van der Waals surface area contributed by atoms with Crippen LogP contribution in [-0.4, -0.2) is 15.7 Å². The summed E-state index contributed by atoms with van der Waals surface area (Å²) in [7, 11) is 0. The lowest BCUT2D eigenvalue weighted by atomic mass is 9.98. The average molecular weight is 366 g/mol. The number of hydrogen-bond acceptors (Lipinski definition) is 4. The van der Waals surface area contributed by atoms with Crippen LogP contribution in [0.15, 0.2) is 29.8 Å². The van der Waals surface area contributed by atoms with Crippen molar-refractivity contribution in [3.05, 3.63) is 57.7 Å². The summed E-state index contributed by atoms with van der Waals surface area (Å²) in [6.07, 6.45) is 1.58. The highest BCUT2D eigenvalue weighted by Gasteiger charge is 2.30. The number of nitrogens with zero attached hydrogens (tertiary/aromatic N) is 2. The van der Waals surface area contributed by atoms with Crippen LogP contribution in [0.5, 0.6) is 0 Å². The lowest BCUT2D eigenvalue weighted by Gasteiger charge is -2.26. The van der Waals surface area contributed by atoms with Crippen molar-refractivity contribution in [3.8, 4) is 11.1 Å². The number of rotatable bonds is 3. The van der Waals surface area contributed by atoms with Crippen molar-refractivity contribution < 1.29 is 4.79 Å². The second kappa shape index (κ2) is 6.29. The van der Waals surface area contributed by atoms with Crippen LogP contribution in [0, 0.1) is 20.8 Å². The molecule has 3 heterocycles. The summed E-state index contributed by atoms with van der Waals surface area (Å²) >= 11 is 1.58. The monoisotopic (exact) mass is 366 g/mol. The van der Waals surface area contributed by atoms with Crippen molar-refractivity contribution in [3.63, 3.8) is 0 Å². The molecule has 5 nitrogen and oxygen atoms in total. The lowest BCUT2D eigenvalue weighted by Crippen LogP contribution is -2.38. The first kappa shape index (κ1) is 16.8. The minimum atomic E-state index is -0.249. The standard InChI is InChI=1S/C20H22N4OS/c1-5-24-13(4)15(9-21-24)18-22-19(25)17-16(10-26-20(17)23-18)14-7-6-11(2)12(3)8-14/h6-10,18,23H,5H2,1-4H3,(H,22,25). The summed E-state index contributed by atoms with van der Waals surface area (Å²) < 4.78 is 1.94. The molecule has 0 radical (unpaired) electrons. The molecule has 0 saturated heterocycles. The van der Waals surface area contributed by atoms with Gasteiger partial charge in [-0.1, -0.05) is 18.2 Å². The minimum absolute atomic E-state index is 0.0399. The highest BCUT2D eigenvalue weighted by atomic mass is 32.1. The maximum atomic E-state index is 12.9. The number of carbonyl (C=O) groups is 1. The normalized spacial score (nSPS) is 16.2. The first-order valence-electron chi connectivity index (χ1n) is 8.78. The summed E-state index contributed by atoms with van der Waals surface area (Å²) in [6, 6.07) is 6.33. The summed E-state index contributed by atoms with van der Waals surface area (Å²) in [5.41, 5.74) is 7.35. The molecule has 1 aliphatic heterocycles. The Morgan fingerprint density at radius 2 is 2.00 bits per heavy atom. The van der Waals surface area contributed by atoms with Gasteiger partial charge in [0, 0.05) is 28.7 Å². The average Bonchev–Trinajstić information content (AvgIpc) is 3.21. The Labute approximate surface area is 157 Å². The quantitative estimate of drug-likeness (QED) is 0.722. The summed E-state index contributed by atoms with van der Waals surface area (Å²) in [6.45, 7) is 9.10. The van der Waals surface area contributed by atoms with Crippen molar-refractivity contribution in [1.82, 2.24) is 15.1 Å². The number of fused-ring (bicyclic) bond motifs is 1. The molecule has 1 aliphatic rings. The van der Waals surface area contributed by atoms with Crippen LogP contribution in [0.2, 0.25) is 0 Å². The second-order valence-electron chi connectivity index (χ2n) is 6.70. The number of carbonyl (C=O) groups excluding carboxylic acids is 1. The van der Waals surface area contributed by atoms with E-state index in [4.69, 9.17) is 0 Å². The van der Waals surface area contributed by atoms with Crippen molar-refractivity contribution in [2.24, 2.45) is 0 Å². The zero-order chi connectivity index (χ0) is 18.4. The second-order valence-corrected chi connectivity index (χ2v) is 7.58. The van der Waals surface area contributed by atoms with Gasteiger partial charge in [-0.2, -0.15) is 5.10 Å². The highest BCUT2D eigenvalue weighted by Crippen LogP contribution is 2.40. The molecule has 2 aromatic heterocycles. The van der Waals surface area contributed by atoms with Gasteiger partial charge in [0.15, 0.2) is 0 Å². The number of hydrogen-bond donors (Lipinski definition) is 2. The molecule has 1 amide bonds. The van der Waals surface area contributed by atoms with E-state index >= 15 is 0 Å². The van der Waals surface area contributed by atoms with Gasteiger partial charge in [-0.25, -0.2) is 0 Å². The van der Waals surface area contributed by atoms with Crippen molar-refractivity contribution >= 4 is 22.2 Å². The Morgan fingerprint density at radius 1 is 1.19 bits per heavy atom. The number of anilines is 1. The van der Waals surface area contributed by atoms with Crippen LogP contribution in [0.1, 0.15) is 45.8 Å². The molecule has 0 aliphatic carbocycles. The van der Waals surface area contributed by atoms with Gasteiger partial charge in [0.05, 0.1) is 11.8 Å². The molecule has 1 unspecified atom stereocenters. The van der Waals surface area contributed by atoms with Crippen molar-refractivity contribution in [2.75, 3.05) is 5.32 Å². The first-order chi connectivity index (χ1) is 12.5. The van der Waals surface area contributed by atoms with E-state index < -0.39 is 0 Å². The van der Waals surface area contributed by atoms with Crippen LogP contribution < -0.4 is 10.6 Å². The third kappa shape index (κ3) is 2.61. The lowest BCUT2D eigenvalue weighted by molar-refractivity contribution is 0.0937. The third-order valence-electron chi connectivity index (χ3n) is 5.14. The fraction of sp³-hybridized carbons (Fsp3) is 0.300. The molecule has 0 spiro atoms. The van der Waals surface area contributed by atoms with E-state index in [-0.39, 0.29) is 12.1 Å². The molecule has 1 aromatic carbocycles.